The monoisotopic (exact) mass is 269 g/mol. The summed E-state index contributed by atoms with van der Waals surface area (Å²) in [6.07, 6.45) is 3.90. The summed E-state index contributed by atoms with van der Waals surface area (Å²) in [5.41, 5.74) is 5.55. The summed E-state index contributed by atoms with van der Waals surface area (Å²) in [5, 5.41) is 0. The number of rotatable bonds is 0. The molecule has 0 spiro atoms. The zero-order chi connectivity index (χ0) is 15.1. The smallest absolute Gasteiger partial charge is 0.0349 e. The van der Waals surface area contributed by atoms with Gasteiger partial charge in [-0.15, -0.1) is 0 Å². The molecule has 1 heterocycles. The van der Waals surface area contributed by atoms with Crippen molar-refractivity contribution in [3.05, 3.63) is 53.9 Å². The van der Waals surface area contributed by atoms with E-state index in [1.807, 2.05) is 40.1 Å². The van der Waals surface area contributed by atoms with Gasteiger partial charge in [-0.25, -0.2) is 0 Å². The molecule has 3 rings (SSSR count). The van der Waals surface area contributed by atoms with Crippen molar-refractivity contribution >= 4 is 0 Å². The molecule has 1 aromatic heterocycles. The van der Waals surface area contributed by atoms with E-state index in [1.54, 1.807) is 0 Å². The van der Waals surface area contributed by atoms with Crippen molar-refractivity contribution in [3.63, 3.8) is 0 Å². The molecule has 0 radical (unpaired) electrons. The molecule has 108 valence electrons. The van der Waals surface area contributed by atoms with Crippen molar-refractivity contribution in [2.45, 2.75) is 53.4 Å². The molecule has 1 aromatic carbocycles. The largest absolute Gasteiger partial charge is 0.264 e. The molecule has 0 N–H and O–H groups in total. The van der Waals surface area contributed by atoms with Crippen LogP contribution in [0.5, 0.6) is 0 Å². The third-order valence-corrected chi connectivity index (χ3v) is 3.84. The lowest BCUT2D eigenvalue weighted by atomic mass is 9.74. The van der Waals surface area contributed by atoms with Gasteiger partial charge < -0.3 is 0 Å². The average molecular weight is 269 g/mol. The van der Waals surface area contributed by atoms with Gasteiger partial charge in [0.2, 0.25) is 0 Å². The van der Waals surface area contributed by atoms with Crippen molar-refractivity contribution in [1.82, 2.24) is 4.98 Å². The standard InChI is InChI=1S/C15H15N.2C2H6/c1-10-11(2)13-7-8-16-9-15(13)14-6-4-3-5-12(10)14;2*1-2/h3-11H,1-2H3;2*1-2H3. The van der Waals surface area contributed by atoms with Gasteiger partial charge in [-0.05, 0) is 34.6 Å². The fourth-order valence-electron chi connectivity index (χ4n) is 2.71. The molecule has 2 atom stereocenters. The molecule has 0 amide bonds. The number of nitrogens with zero attached hydrogens (tertiary/aromatic N) is 1. The van der Waals surface area contributed by atoms with E-state index in [9.17, 15) is 0 Å². The molecule has 0 saturated carbocycles. The van der Waals surface area contributed by atoms with Crippen LogP contribution in [0.1, 0.15) is 64.5 Å². The van der Waals surface area contributed by atoms with Gasteiger partial charge in [0.05, 0.1) is 0 Å². The van der Waals surface area contributed by atoms with Crippen molar-refractivity contribution < 1.29 is 0 Å². The first kappa shape index (κ1) is 16.4. The van der Waals surface area contributed by atoms with Crippen molar-refractivity contribution in [1.29, 1.82) is 0 Å². The van der Waals surface area contributed by atoms with Crippen LogP contribution in [0.15, 0.2) is 42.7 Å². The molecule has 1 aliphatic rings. The molecule has 1 heteroatoms. The highest BCUT2D eigenvalue weighted by molar-refractivity contribution is 5.74. The Labute approximate surface area is 124 Å². The Morgan fingerprint density at radius 1 is 0.750 bits per heavy atom. The van der Waals surface area contributed by atoms with Crippen LogP contribution in [-0.4, -0.2) is 4.98 Å². The second-order valence-electron chi connectivity index (χ2n) is 4.63. The molecular formula is C19H27N. The van der Waals surface area contributed by atoms with E-state index in [-0.39, 0.29) is 0 Å². The molecular weight excluding hydrogens is 242 g/mol. The first-order valence-corrected chi connectivity index (χ1v) is 7.82. The quantitative estimate of drug-likeness (QED) is 0.569. The summed E-state index contributed by atoms with van der Waals surface area (Å²) in [6, 6.07) is 10.8. The number of benzene rings is 1. The predicted octanol–water partition coefficient (Wildman–Crippen LogP) is 6.02. The van der Waals surface area contributed by atoms with Gasteiger partial charge in [0.1, 0.15) is 0 Å². The Bertz CT molecular complexity index is 481. The second-order valence-corrected chi connectivity index (χ2v) is 4.63. The van der Waals surface area contributed by atoms with Crippen LogP contribution >= 0.6 is 0 Å². The van der Waals surface area contributed by atoms with Gasteiger partial charge in [-0.1, -0.05) is 65.8 Å². The summed E-state index contributed by atoms with van der Waals surface area (Å²) in [7, 11) is 0. The first-order chi connectivity index (χ1) is 9.79. The van der Waals surface area contributed by atoms with Crippen LogP contribution in [0.3, 0.4) is 0 Å². The van der Waals surface area contributed by atoms with Gasteiger partial charge in [0.25, 0.3) is 0 Å². The first-order valence-electron chi connectivity index (χ1n) is 7.82. The fourth-order valence-corrected chi connectivity index (χ4v) is 2.71. The maximum absolute atomic E-state index is 4.26. The van der Waals surface area contributed by atoms with Gasteiger partial charge in [0, 0.05) is 18.0 Å². The van der Waals surface area contributed by atoms with Crippen LogP contribution in [0, 0.1) is 0 Å². The second kappa shape index (κ2) is 7.84. The third-order valence-electron chi connectivity index (χ3n) is 3.84. The lowest BCUT2D eigenvalue weighted by Crippen LogP contribution is -2.13. The molecule has 0 aliphatic heterocycles. The molecule has 0 bridgehead atoms. The van der Waals surface area contributed by atoms with Crippen LogP contribution in [0.4, 0.5) is 0 Å². The Morgan fingerprint density at radius 2 is 1.30 bits per heavy atom. The Morgan fingerprint density at radius 3 is 1.95 bits per heavy atom. The van der Waals surface area contributed by atoms with Gasteiger partial charge in [-0.2, -0.15) is 0 Å². The SMILES string of the molecule is CC.CC.CC1c2ccccc2-c2cnccc2C1C. The highest BCUT2D eigenvalue weighted by Crippen LogP contribution is 2.45. The lowest BCUT2D eigenvalue weighted by molar-refractivity contribution is 0.615. The molecule has 0 saturated heterocycles. The van der Waals surface area contributed by atoms with E-state index < -0.39 is 0 Å². The van der Waals surface area contributed by atoms with Crippen LogP contribution < -0.4 is 0 Å². The van der Waals surface area contributed by atoms with E-state index in [0.29, 0.717) is 11.8 Å². The minimum absolute atomic E-state index is 0.577. The van der Waals surface area contributed by atoms with E-state index >= 15 is 0 Å². The fraction of sp³-hybridized carbons (Fsp3) is 0.421. The number of aromatic nitrogens is 1. The van der Waals surface area contributed by atoms with Crippen LogP contribution in [-0.2, 0) is 0 Å². The summed E-state index contributed by atoms with van der Waals surface area (Å²) in [5.74, 6) is 1.17. The zero-order valence-electron chi connectivity index (χ0n) is 13.6. The van der Waals surface area contributed by atoms with Gasteiger partial charge >= 0.3 is 0 Å². The van der Waals surface area contributed by atoms with Crippen LogP contribution in [0.25, 0.3) is 11.1 Å². The Balaban J connectivity index is 0.000000461. The minimum atomic E-state index is 0.577. The number of hydrogen-bond acceptors (Lipinski definition) is 1. The molecule has 20 heavy (non-hydrogen) atoms. The molecule has 0 fully saturated rings. The molecule has 2 aromatic rings. The summed E-state index contributed by atoms with van der Waals surface area (Å²) < 4.78 is 0. The van der Waals surface area contributed by atoms with Crippen molar-refractivity contribution in [2.75, 3.05) is 0 Å². The van der Waals surface area contributed by atoms with Crippen molar-refractivity contribution in [2.24, 2.45) is 0 Å². The van der Waals surface area contributed by atoms with E-state index in [0.717, 1.165) is 0 Å². The number of fused-ring (bicyclic) bond motifs is 3. The molecule has 1 aliphatic carbocycles. The topological polar surface area (TPSA) is 12.9 Å². The summed E-state index contributed by atoms with van der Waals surface area (Å²) in [6.45, 7) is 12.6. The number of pyridine rings is 1. The zero-order valence-corrected chi connectivity index (χ0v) is 13.6. The highest BCUT2D eigenvalue weighted by atomic mass is 14.6. The number of hydrogen-bond donors (Lipinski definition) is 0. The third kappa shape index (κ3) is 2.92. The average Bonchev–Trinajstić information content (AvgIpc) is 2.56. The van der Waals surface area contributed by atoms with Gasteiger partial charge in [0.15, 0.2) is 0 Å². The highest BCUT2D eigenvalue weighted by Gasteiger charge is 2.27. The van der Waals surface area contributed by atoms with Gasteiger partial charge in [-0.3, -0.25) is 4.98 Å². The lowest BCUT2D eigenvalue weighted by Gasteiger charge is -2.30. The van der Waals surface area contributed by atoms with E-state index in [1.165, 1.54) is 22.3 Å². The van der Waals surface area contributed by atoms with E-state index in [2.05, 4.69) is 49.2 Å². The Kier molecular flexibility index (Phi) is 6.44. The summed E-state index contributed by atoms with van der Waals surface area (Å²) in [4.78, 5) is 4.26. The maximum Gasteiger partial charge on any atom is 0.0349 e. The molecule has 1 nitrogen and oxygen atoms in total. The molecule has 2 unspecified atom stereocenters. The maximum atomic E-state index is 4.26. The minimum Gasteiger partial charge on any atom is -0.264 e. The Hall–Kier alpha value is -1.63. The van der Waals surface area contributed by atoms with E-state index in [4.69, 9.17) is 0 Å². The normalized spacial score (nSPS) is 18.5. The van der Waals surface area contributed by atoms with Crippen LogP contribution in [0.2, 0.25) is 0 Å². The predicted molar refractivity (Wildman–Crippen MR) is 89.2 cm³/mol. The summed E-state index contributed by atoms with van der Waals surface area (Å²) >= 11 is 0. The van der Waals surface area contributed by atoms with Crippen molar-refractivity contribution in [3.8, 4) is 11.1 Å².